The summed E-state index contributed by atoms with van der Waals surface area (Å²) in [5, 5.41) is 45.6. The number of ether oxygens (including phenoxy) is 4. The predicted octanol–water partition coefficient (Wildman–Crippen LogP) is 1.21. The fourth-order valence-corrected chi connectivity index (χ4v) is 6.47. The Morgan fingerprint density at radius 2 is 1.65 bits per heavy atom. The summed E-state index contributed by atoms with van der Waals surface area (Å²) < 4.78 is 23.7. The zero-order valence-electron chi connectivity index (χ0n) is 27.2. The molecule has 2 saturated heterocycles. The average Bonchev–Trinajstić information content (AvgIpc) is 2.91. The van der Waals surface area contributed by atoms with Crippen molar-refractivity contribution in [1.29, 1.82) is 0 Å². The van der Waals surface area contributed by atoms with E-state index in [4.69, 9.17) is 18.9 Å². The molecule has 12 nitrogen and oxygen atoms in total. The maximum absolute atomic E-state index is 13.5. The zero-order valence-corrected chi connectivity index (χ0v) is 27.2. The van der Waals surface area contributed by atoms with Gasteiger partial charge in [-0.15, -0.1) is 0 Å². The maximum atomic E-state index is 13.5. The molecular formula is C31H53NO11. The van der Waals surface area contributed by atoms with Crippen molar-refractivity contribution in [2.24, 2.45) is 23.7 Å². The minimum absolute atomic E-state index is 0.159. The monoisotopic (exact) mass is 615 g/mol. The first-order valence-corrected chi connectivity index (χ1v) is 15.0. The lowest BCUT2D eigenvalue weighted by Gasteiger charge is -2.47. The number of esters is 2. The van der Waals surface area contributed by atoms with E-state index < -0.39 is 89.4 Å². The molecule has 2 fully saturated rings. The van der Waals surface area contributed by atoms with E-state index in [0.717, 1.165) is 6.08 Å². The van der Waals surface area contributed by atoms with E-state index in [-0.39, 0.29) is 18.6 Å². The molecule has 248 valence electrons. The Kier molecular flexibility index (Phi) is 12.5. The smallest absolute Gasteiger partial charge is 0.311 e. The van der Waals surface area contributed by atoms with Crippen LogP contribution in [0.3, 0.4) is 0 Å². The van der Waals surface area contributed by atoms with Crippen LogP contribution in [0.15, 0.2) is 12.7 Å². The van der Waals surface area contributed by atoms with Crippen molar-refractivity contribution in [3.05, 3.63) is 12.7 Å². The molecule has 0 amide bonds. The molecule has 2 rings (SSSR count). The molecule has 0 aromatic carbocycles. The van der Waals surface area contributed by atoms with E-state index in [0.29, 0.717) is 6.42 Å². The molecular weight excluding hydrogens is 562 g/mol. The molecule has 2 aliphatic rings. The molecule has 2 aliphatic heterocycles. The first-order valence-electron chi connectivity index (χ1n) is 15.0. The summed E-state index contributed by atoms with van der Waals surface area (Å²) in [5.74, 6) is -5.95. The lowest BCUT2D eigenvalue weighted by atomic mass is 9.74. The van der Waals surface area contributed by atoms with Crippen LogP contribution in [0.25, 0.3) is 0 Å². The number of nitrogens with zero attached hydrogens (tertiary/aromatic N) is 1. The molecule has 0 aliphatic carbocycles. The summed E-state index contributed by atoms with van der Waals surface area (Å²) in [7, 11) is 3.68. The van der Waals surface area contributed by atoms with Crippen molar-refractivity contribution in [2.75, 3.05) is 14.1 Å². The number of hydrogen-bond donors (Lipinski definition) is 4. The number of carbonyl (C=O) groups excluding carboxylic acids is 3. The SMILES string of the molecule is C=C[C@H]1OC(=O)[C@H](C)[C@@H](O)[C@H](C)C(O[C@@H]2O[C@H](C)C[C@H](N(C)C)[C@H]2OC(C)=O)[C@](C)(O)C[C@@H](C)C(=O)[C@H](C)[C@@H](O)[C@]1(C)O. The molecule has 0 bridgehead atoms. The van der Waals surface area contributed by atoms with Gasteiger partial charge >= 0.3 is 11.9 Å². The van der Waals surface area contributed by atoms with Gasteiger partial charge in [-0.25, -0.2) is 0 Å². The predicted molar refractivity (Wildman–Crippen MR) is 156 cm³/mol. The van der Waals surface area contributed by atoms with Crippen molar-refractivity contribution in [2.45, 2.75) is 128 Å². The molecule has 14 atom stereocenters. The maximum Gasteiger partial charge on any atom is 0.311 e. The highest BCUT2D eigenvalue weighted by atomic mass is 16.7. The number of ketones is 1. The zero-order chi connectivity index (χ0) is 33.2. The number of aliphatic hydroxyl groups is 4. The largest absolute Gasteiger partial charge is 0.455 e. The van der Waals surface area contributed by atoms with E-state index in [9.17, 15) is 34.8 Å². The van der Waals surface area contributed by atoms with Crippen LogP contribution in [0, 0.1) is 23.7 Å². The van der Waals surface area contributed by atoms with Crippen LogP contribution in [0.5, 0.6) is 0 Å². The van der Waals surface area contributed by atoms with Gasteiger partial charge in [-0.3, -0.25) is 14.4 Å². The second kappa shape index (κ2) is 14.4. The number of likely N-dealkylation sites (N-methyl/N-ethyl adjacent to an activating group) is 1. The van der Waals surface area contributed by atoms with Crippen molar-refractivity contribution in [1.82, 2.24) is 4.90 Å². The lowest BCUT2D eigenvalue weighted by molar-refractivity contribution is -0.301. The standard InChI is InChI=1S/C31H53NO11/c1-12-22-31(9,39)26(36)17(4)23(34)15(2)14-30(8,38)27(18(5)24(35)19(6)28(37)42-22)43-29-25(41-20(7)33)21(32(10)11)13-16(3)40-29/h12,15-19,21-22,24-27,29,35-36,38-39H,1,13-14H2,2-11H3/t15-,16-,17+,18+,19-,21+,22-,24+,25-,26-,27?,29+,30-,31-/m1/s1. The third-order valence-electron chi connectivity index (χ3n) is 9.11. The van der Waals surface area contributed by atoms with Gasteiger partial charge in [0.05, 0.1) is 42.0 Å². The van der Waals surface area contributed by atoms with Crippen LogP contribution < -0.4 is 0 Å². The Morgan fingerprint density at radius 1 is 1.07 bits per heavy atom. The highest BCUT2D eigenvalue weighted by Gasteiger charge is 2.51. The van der Waals surface area contributed by atoms with Crippen LogP contribution in [0.1, 0.15) is 68.2 Å². The van der Waals surface area contributed by atoms with Gasteiger partial charge in [-0.1, -0.05) is 27.4 Å². The summed E-state index contributed by atoms with van der Waals surface area (Å²) >= 11 is 0. The first-order chi connectivity index (χ1) is 19.7. The normalized spacial score (nSPS) is 45.7. The number of aliphatic hydroxyl groups excluding tert-OH is 2. The molecule has 0 spiro atoms. The van der Waals surface area contributed by atoms with Gasteiger partial charge in [0.25, 0.3) is 0 Å². The second-order valence-corrected chi connectivity index (χ2v) is 13.3. The van der Waals surface area contributed by atoms with Crippen LogP contribution >= 0.6 is 0 Å². The Morgan fingerprint density at radius 3 is 2.16 bits per heavy atom. The topological polar surface area (TPSA) is 172 Å². The third kappa shape index (κ3) is 8.42. The van der Waals surface area contributed by atoms with Crippen molar-refractivity contribution in [3.8, 4) is 0 Å². The Labute approximate surface area is 255 Å². The molecule has 0 aromatic rings. The minimum Gasteiger partial charge on any atom is -0.455 e. The van der Waals surface area contributed by atoms with Crippen LogP contribution in [-0.2, 0) is 33.3 Å². The van der Waals surface area contributed by atoms with Gasteiger partial charge in [0.15, 0.2) is 18.5 Å². The van der Waals surface area contributed by atoms with Crippen LogP contribution in [0.4, 0.5) is 0 Å². The first kappa shape index (κ1) is 37.3. The highest BCUT2D eigenvalue weighted by molar-refractivity contribution is 5.83. The summed E-state index contributed by atoms with van der Waals surface area (Å²) in [6.07, 6.45) is -6.53. The fourth-order valence-electron chi connectivity index (χ4n) is 6.47. The summed E-state index contributed by atoms with van der Waals surface area (Å²) in [6.45, 7) is 15.5. The third-order valence-corrected chi connectivity index (χ3v) is 9.11. The molecule has 4 N–H and O–H groups in total. The van der Waals surface area contributed by atoms with Gasteiger partial charge in [0.2, 0.25) is 0 Å². The highest BCUT2D eigenvalue weighted by Crippen LogP contribution is 2.38. The van der Waals surface area contributed by atoms with E-state index >= 15 is 0 Å². The Bertz CT molecular complexity index is 998. The van der Waals surface area contributed by atoms with E-state index in [1.807, 2.05) is 25.9 Å². The average molecular weight is 616 g/mol. The fraction of sp³-hybridized carbons (Fsp3) is 0.839. The van der Waals surface area contributed by atoms with Crippen LogP contribution in [0.2, 0.25) is 0 Å². The molecule has 1 unspecified atom stereocenters. The van der Waals surface area contributed by atoms with Gasteiger partial charge in [-0.05, 0) is 60.7 Å². The Balaban J connectivity index is 2.62. The number of hydrogen-bond acceptors (Lipinski definition) is 12. The van der Waals surface area contributed by atoms with Gasteiger partial charge < -0.3 is 44.3 Å². The molecule has 43 heavy (non-hydrogen) atoms. The van der Waals surface area contributed by atoms with Crippen molar-refractivity contribution in [3.63, 3.8) is 0 Å². The summed E-state index contributed by atoms with van der Waals surface area (Å²) in [5.41, 5.74) is -3.87. The van der Waals surface area contributed by atoms with E-state index in [2.05, 4.69) is 6.58 Å². The van der Waals surface area contributed by atoms with Gasteiger partial charge in [-0.2, -0.15) is 0 Å². The summed E-state index contributed by atoms with van der Waals surface area (Å²) in [4.78, 5) is 40.7. The number of rotatable bonds is 5. The minimum atomic E-state index is -2.08. The van der Waals surface area contributed by atoms with Gasteiger partial charge in [0, 0.05) is 24.7 Å². The molecule has 12 heteroatoms. The Hall–Kier alpha value is -1.93. The number of cyclic esters (lactones) is 1. The number of Topliss-reactive ketones (excluding diaryl/α,β-unsaturated/α-hetero) is 1. The van der Waals surface area contributed by atoms with Gasteiger partial charge in [0.1, 0.15) is 11.4 Å². The number of carbonyl (C=O) groups is 3. The van der Waals surface area contributed by atoms with Crippen molar-refractivity contribution < 1.29 is 53.8 Å². The molecule has 2 heterocycles. The van der Waals surface area contributed by atoms with Crippen molar-refractivity contribution >= 4 is 17.7 Å². The van der Waals surface area contributed by atoms with E-state index in [1.54, 1.807) is 13.8 Å². The molecule has 0 aromatic heterocycles. The molecule has 0 radical (unpaired) electrons. The summed E-state index contributed by atoms with van der Waals surface area (Å²) in [6, 6.07) is -0.290. The van der Waals surface area contributed by atoms with E-state index in [1.165, 1.54) is 34.6 Å². The molecule has 0 saturated carbocycles. The lowest BCUT2D eigenvalue weighted by Crippen LogP contribution is -2.60. The quantitative estimate of drug-likeness (QED) is 0.258. The second-order valence-electron chi connectivity index (χ2n) is 13.3. The van der Waals surface area contributed by atoms with Crippen LogP contribution in [-0.4, -0.2) is 117 Å².